The van der Waals surface area contributed by atoms with Crippen molar-refractivity contribution in [1.29, 1.82) is 0 Å². The molecule has 2 heterocycles. The number of nitrogens with one attached hydrogen (secondary N) is 1. The van der Waals surface area contributed by atoms with E-state index in [-0.39, 0.29) is 30.2 Å². The first kappa shape index (κ1) is 31.6. The maximum Gasteiger partial charge on any atom is 0.253 e. The number of rotatable bonds is 12. The second-order valence-electron chi connectivity index (χ2n) is 10.8. The molecule has 10 nitrogen and oxygen atoms in total. The van der Waals surface area contributed by atoms with E-state index in [0.29, 0.717) is 29.5 Å². The number of nitrogens with zero attached hydrogens (tertiary/aromatic N) is 5. The van der Waals surface area contributed by atoms with Crippen molar-refractivity contribution >= 4 is 29.3 Å². The Morgan fingerprint density at radius 3 is 2.13 bits per heavy atom. The third kappa shape index (κ3) is 7.53. The zero-order valence-corrected chi connectivity index (χ0v) is 26.9. The van der Waals surface area contributed by atoms with Gasteiger partial charge in [0.1, 0.15) is 11.5 Å². The minimum absolute atomic E-state index is 0.0926. The van der Waals surface area contributed by atoms with E-state index in [4.69, 9.17) is 14.6 Å². The lowest BCUT2D eigenvalue weighted by Gasteiger charge is -2.22. The highest BCUT2D eigenvalue weighted by Crippen LogP contribution is 2.35. The summed E-state index contributed by atoms with van der Waals surface area (Å²) in [7, 11) is 3.26. The normalized spacial score (nSPS) is 14.0. The molecule has 2 amide bonds. The van der Waals surface area contributed by atoms with E-state index in [9.17, 15) is 9.59 Å². The molecule has 11 heteroatoms. The number of carbonyl (C=O) groups is 2. The molecule has 6 rings (SSSR count). The van der Waals surface area contributed by atoms with Crippen LogP contribution in [0.4, 0.5) is 0 Å². The van der Waals surface area contributed by atoms with Gasteiger partial charge in [-0.3, -0.25) is 9.59 Å². The fourth-order valence-corrected chi connectivity index (χ4v) is 6.12. The molecule has 0 saturated heterocycles. The second-order valence-corrected chi connectivity index (χ2v) is 11.8. The van der Waals surface area contributed by atoms with Gasteiger partial charge in [0.05, 0.1) is 44.8 Å². The summed E-state index contributed by atoms with van der Waals surface area (Å²) in [6.07, 6.45) is 0.560. The number of carbonyl (C=O) groups excluding carboxylic acids is 2. The molecule has 0 radical (unpaired) electrons. The van der Waals surface area contributed by atoms with Crippen LogP contribution in [0.2, 0.25) is 0 Å². The van der Waals surface area contributed by atoms with E-state index in [0.717, 1.165) is 33.9 Å². The number of aromatic nitrogens is 3. The van der Waals surface area contributed by atoms with Crippen molar-refractivity contribution in [2.45, 2.75) is 30.7 Å². The van der Waals surface area contributed by atoms with Crippen molar-refractivity contribution in [3.8, 4) is 11.5 Å². The molecular formula is C36H34N6O4S. The average Bonchev–Trinajstić information content (AvgIpc) is 3.75. The maximum atomic E-state index is 13.9. The van der Waals surface area contributed by atoms with Gasteiger partial charge in [-0.05, 0) is 65.2 Å². The minimum Gasteiger partial charge on any atom is -0.497 e. The summed E-state index contributed by atoms with van der Waals surface area (Å²) < 4.78 is 12.6. The molecule has 1 N–H and O–H groups in total. The molecular weight excluding hydrogens is 613 g/mol. The van der Waals surface area contributed by atoms with Crippen LogP contribution in [0.3, 0.4) is 0 Å². The van der Waals surface area contributed by atoms with Crippen LogP contribution < -0.4 is 14.8 Å². The molecule has 47 heavy (non-hydrogen) atoms. The largest absolute Gasteiger partial charge is 0.497 e. The van der Waals surface area contributed by atoms with Gasteiger partial charge in [-0.15, -0.1) is 10.2 Å². The molecule has 5 aromatic rings. The molecule has 1 aliphatic heterocycles. The van der Waals surface area contributed by atoms with Crippen LogP contribution in [0.5, 0.6) is 11.5 Å². The summed E-state index contributed by atoms with van der Waals surface area (Å²) in [5, 5.41) is 18.7. The van der Waals surface area contributed by atoms with Crippen molar-refractivity contribution in [2.75, 3.05) is 20.0 Å². The Balaban J connectivity index is 1.22. The molecule has 0 bridgehead atoms. The summed E-state index contributed by atoms with van der Waals surface area (Å²) in [5.74, 6) is 1.81. The maximum absolute atomic E-state index is 13.9. The highest BCUT2D eigenvalue weighted by molar-refractivity contribution is 7.99. The fourth-order valence-electron chi connectivity index (χ4n) is 5.31. The van der Waals surface area contributed by atoms with Gasteiger partial charge < -0.3 is 19.4 Å². The Morgan fingerprint density at radius 1 is 0.830 bits per heavy atom. The topological polar surface area (TPSA) is 111 Å². The second kappa shape index (κ2) is 14.8. The van der Waals surface area contributed by atoms with Crippen LogP contribution >= 0.6 is 11.8 Å². The van der Waals surface area contributed by atoms with Crippen molar-refractivity contribution in [3.63, 3.8) is 0 Å². The molecule has 0 aliphatic carbocycles. The summed E-state index contributed by atoms with van der Waals surface area (Å²) in [4.78, 5) is 26.6. The summed E-state index contributed by atoms with van der Waals surface area (Å²) >= 11 is 1.30. The van der Waals surface area contributed by atoms with Crippen molar-refractivity contribution in [2.24, 2.45) is 5.10 Å². The number of methoxy groups -OCH3 is 2. The third-order valence-electron chi connectivity index (χ3n) is 7.83. The van der Waals surface area contributed by atoms with Crippen LogP contribution in [0.15, 0.2) is 119 Å². The predicted molar refractivity (Wildman–Crippen MR) is 181 cm³/mol. The van der Waals surface area contributed by atoms with Gasteiger partial charge in [-0.25, -0.2) is 5.01 Å². The van der Waals surface area contributed by atoms with E-state index in [1.807, 2.05) is 102 Å². The molecule has 4 aromatic carbocycles. The lowest BCUT2D eigenvalue weighted by Crippen LogP contribution is -2.28. The molecule has 0 saturated carbocycles. The number of amides is 2. The lowest BCUT2D eigenvalue weighted by atomic mass is 9.98. The third-order valence-corrected chi connectivity index (χ3v) is 8.79. The SMILES string of the molecule is COc1ccc(C2=NN(C(=O)CSc3nnc(CNC(=O)c4ccccc4)n3Cc3ccccc3)[C@H](c3ccc(OC)cc3)C2)cc1. The number of hydrogen-bond acceptors (Lipinski definition) is 8. The summed E-state index contributed by atoms with van der Waals surface area (Å²) in [5.41, 5.74) is 4.31. The van der Waals surface area contributed by atoms with Gasteiger partial charge in [0.15, 0.2) is 11.0 Å². The number of hydrogen-bond donors (Lipinski definition) is 1. The first-order valence-corrected chi connectivity index (χ1v) is 16.1. The first-order valence-electron chi connectivity index (χ1n) is 15.1. The smallest absolute Gasteiger partial charge is 0.253 e. The molecule has 238 valence electrons. The van der Waals surface area contributed by atoms with Crippen LogP contribution in [0.25, 0.3) is 0 Å². The monoisotopic (exact) mass is 646 g/mol. The lowest BCUT2D eigenvalue weighted by molar-refractivity contribution is -0.130. The molecule has 0 unspecified atom stereocenters. The van der Waals surface area contributed by atoms with Gasteiger partial charge in [-0.2, -0.15) is 5.10 Å². The quantitative estimate of drug-likeness (QED) is 0.172. The van der Waals surface area contributed by atoms with Crippen molar-refractivity contribution in [3.05, 3.63) is 137 Å². The Bertz CT molecular complexity index is 1840. The predicted octanol–water partition coefficient (Wildman–Crippen LogP) is 5.74. The number of thioether (sulfide) groups is 1. The van der Waals surface area contributed by atoms with E-state index >= 15 is 0 Å². The van der Waals surface area contributed by atoms with E-state index < -0.39 is 0 Å². The van der Waals surface area contributed by atoms with Crippen LogP contribution in [0.1, 0.15) is 45.3 Å². The first-order chi connectivity index (χ1) is 23.0. The highest BCUT2D eigenvalue weighted by atomic mass is 32.2. The Hall–Kier alpha value is -5.42. The molecule has 1 aromatic heterocycles. The number of ether oxygens (including phenoxy) is 2. The zero-order chi connectivity index (χ0) is 32.6. The van der Waals surface area contributed by atoms with Gasteiger partial charge in [0.2, 0.25) is 0 Å². The van der Waals surface area contributed by atoms with Crippen LogP contribution in [0, 0.1) is 0 Å². The van der Waals surface area contributed by atoms with Crippen molar-refractivity contribution < 1.29 is 19.1 Å². The van der Waals surface area contributed by atoms with Crippen molar-refractivity contribution in [1.82, 2.24) is 25.1 Å². The highest BCUT2D eigenvalue weighted by Gasteiger charge is 2.33. The molecule has 0 spiro atoms. The summed E-state index contributed by atoms with van der Waals surface area (Å²) in [6, 6.07) is 34.1. The number of benzene rings is 4. The van der Waals surface area contributed by atoms with Crippen LogP contribution in [-0.2, 0) is 17.9 Å². The van der Waals surface area contributed by atoms with Gasteiger partial charge >= 0.3 is 0 Å². The van der Waals surface area contributed by atoms with E-state index in [2.05, 4.69) is 15.5 Å². The number of hydrazone groups is 1. The van der Waals surface area contributed by atoms with Gasteiger partial charge in [-0.1, -0.05) is 72.4 Å². The molecule has 1 aliphatic rings. The molecule has 0 fully saturated rings. The average molecular weight is 647 g/mol. The Morgan fingerprint density at radius 2 is 1.47 bits per heavy atom. The fraction of sp³-hybridized carbons (Fsp3) is 0.194. The van der Waals surface area contributed by atoms with Gasteiger partial charge in [0.25, 0.3) is 11.8 Å². The zero-order valence-electron chi connectivity index (χ0n) is 26.1. The minimum atomic E-state index is -0.281. The summed E-state index contributed by atoms with van der Waals surface area (Å²) in [6.45, 7) is 0.669. The van der Waals surface area contributed by atoms with Crippen LogP contribution in [-0.4, -0.2) is 57.3 Å². The van der Waals surface area contributed by atoms with E-state index in [1.54, 1.807) is 31.4 Å². The van der Waals surface area contributed by atoms with Gasteiger partial charge in [0, 0.05) is 12.0 Å². The Kier molecular flexibility index (Phi) is 9.93. The Labute approximate surface area is 277 Å². The molecule has 1 atom stereocenters. The standard InChI is InChI=1S/C36H34N6O4S/c1-45-29-17-13-26(14-18-29)31-21-32(27-15-19-30(46-2)20-16-27)42(40-31)34(43)24-47-36-39-38-33(41(36)23-25-9-5-3-6-10-25)22-37-35(44)28-11-7-4-8-12-28/h3-20,32H,21-24H2,1-2H3,(H,37,44)/t32-/m0/s1. The van der Waals surface area contributed by atoms with E-state index in [1.165, 1.54) is 11.8 Å².